The van der Waals surface area contributed by atoms with Gasteiger partial charge in [-0.05, 0) is 90.5 Å². The number of allylic oxidation sites excluding steroid dienone is 1. The van der Waals surface area contributed by atoms with Gasteiger partial charge in [-0.2, -0.15) is 9.13 Å². The molecule has 4 aromatic heterocycles. The largest absolute Gasteiger partial charge is 0.437 e. The lowest BCUT2D eigenvalue weighted by atomic mass is 9.76. The van der Waals surface area contributed by atoms with Crippen LogP contribution in [0, 0.1) is 5.92 Å². The number of fused-ring (bicyclic) bond motifs is 13. The fourth-order valence-corrected chi connectivity index (χ4v) is 12.0. The molecule has 3 unspecified atom stereocenters. The third-order valence-electron chi connectivity index (χ3n) is 13.2. The lowest BCUT2D eigenvalue weighted by Gasteiger charge is -2.33. The molecule has 0 bridgehead atoms. The van der Waals surface area contributed by atoms with Gasteiger partial charge in [-0.1, -0.05) is 90.0 Å². The van der Waals surface area contributed by atoms with E-state index in [2.05, 4.69) is 128 Å². The highest BCUT2D eigenvalue weighted by Crippen LogP contribution is 2.46. The van der Waals surface area contributed by atoms with E-state index in [1.165, 1.54) is 76.9 Å². The first-order chi connectivity index (χ1) is 25.6. The molecule has 0 N–H and O–H groups in total. The van der Waals surface area contributed by atoms with Gasteiger partial charge in [0.2, 0.25) is 17.1 Å². The van der Waals surface area contributed by atoms with Crippen LogP contribution in [0.1, 0.15) is 112 Å². The van der Waals surface area contributed by atoms with Gasteiger partial charge < -0.3 is 4.42 Å². The zero-order valence-corrected chi connectivity index (χ0v) is 33.6. The van der Waals surface area contributed by atoms with Crippen LogP contribution in [0.25, 0.3) is 50.3 Å². The predicted molar refractivity (Wildman–Crippen MR) is 221 cm³/mol. The van der Waals surface area contributed by atoms with Crippen LogP contribution in [-0.4, -0.2) is 13.1 Å². The highest BCUT2D eigenvalue weighted by Gasteiger charge is 2.44. The Morgan fingerprint density at radius 1 is 0.868 bits per heavy atom. The topological polar surface area (TPSA) is 33.8 Å². The molecule has 6 heterocycles. The number of hydrogen-bond donors (Lipinski definition) is 0. The molecule has 3 atom stereocenters. The number of nitrogens with zero attached hydrogens (tertiary/aromatic N) is 3. The van der Waals surface area contributed by atoms with Crippen molar-refractivity contribution in [2.24, 2.45) is 5.92 Å². The Morgan fingerprint density at radius 2 is 1.68 bits per heavy atom. The molecule has 9 rings (SSSR count). The molecule has 53 heavy (non-hydrogen) atoms. The van der Waals surface area contributed by atoms with E-state index in [0.717, 1.165) is 47.2 Å². The van der Waals surface area contributed by atoms with Crippen LogP contribution in [0.5, 0.6) is 0 Å². The molecule has 6 aromatic rings. The first-order valence-electron chi connectivity index (χ1n) is 20.3. The Balaban J connectivity index is 1.27. The molecular formula is C48H55N3OSi+2. The third-order valence-corrected chi connectivity index (χ3v) is 15.2. The second-order valence-electron chi connectivity index (χ2n) is 17.7. The summed E-state index contributed by atoms with van der Waals surface area (Å²) in [6.07, 6.45) is 16.4. The maximum Gasteiger partial charge on any atom is 0.227 e. The van der Waals surface area contributed by atoms with Crippen molar-refractivity contribution in [2.75, 3.05) is 0 Å². The van der Waals surface area contributed by atoms with Crippen LogP contribution in [0.2, 0.25) is 19.6 Å². The van der Waals surface area contributed by atoms with Gasteiger partial charge >= 0.3 is 0 Å². The summed E-state index contributed by atoms with van der Waals surface area (Å²) in [7, 11) is -1.65. The first-order valence-corrected chi connectivity index (χ1v) is 23.8. The van der Waals surface area contributed by atoms with Crippen molar-refractivity contribution in [3.8, 4) is 22.5 Å². The van der Waals surface area contributed by atoms with Crippen molar-refractivity contribution in [3.05, 3.63) is 114 Å². The van der Waals surface area contributed by atoms with Crippen molar-refractivity contribution < 1.29 is 13.6 Å². The summed E-state index contributed by atoms with van der Waals surface area (Å²) in [5.41, 5.74) is 13.7. The fraction of sp³-hybridized carbons (Fsp3) is 0.396. The smallest absolute Gasteiger partial charge is 0.227 e. The Hall–Kier alpha value is -4.35. The molecule has 270 valence electrons. The number of hydrogen-bond acceptors (Lipinski definition) is 2. The molecule has 2 aromatic carbocycles. The summed E-state index contributed by atoms with van der Waals surface area (Å²) in [5, 5.41) is 3.79. The van der Waals surface area contributed by atoms with Crippen LogP contribution < -0.4 is 14.3 Å². The highest BCUT2D eigenvalue weighted by molar-refractivity contribution is 6.89. The monoisotopic (exact) mass is 717 g/mol. The van der Waals surface area contributed by atoms with Crippen molar-refractivity contribution >= 4 is 41.0 Å². The standard InChI is InChI=1S/C48H55N3OSi/c1-30(2)41-28-43-37-17-12-11-16-36(37)38-21-19-34-20-22-39-40-18-13-24-49-48(40)52-47(39)46(34)44-27-35(32(4)33-14-9-8-10-15-33)23-25-50(44)31(3)26-42(38)51(43)29-45(41)53(5,6)7/h11-13,16-18,20,22-25,27-30,32-33,38,42H,3,8-10,14-15,19,21,26H2,1-2,4-7H3/q+2. The lowest BCUT2D eigenvalue weighted by Crippen LogP contribution is -2.54. The van der Waals surface area contributed by atoms with Gasteiger partial charge in [-0.25, -0.2) is 4.98 Å². The molecule has 0 spiro atoms. The fourth-order valence-electron chi connectivity index (χ4n) is 10.3. The maximum atomic E-state index is 6.76. The third kappa shape index (κ3) is 5.82. The van der Waals surface area contributed by atoms with Gasteiger partial charge in [0, 0.05) is 51.8 Å². The van der Waals surface area contributed by atoms with Crippen LogP contribution in [0.4, 0.5) is 0 Å². The lowest BCUT2D eigenvalue weighted by molar-refractivity contribution is -0.719. The SMILES string of the molecule is C=C1CC2C(CCc3ccc4c(oc5ncccc54)c3-c3cc(C(C)C4CCCCC4)cc[n+]31)c1ccccc1-c1cc(C(C)C)c([Si](C)(C)C)c[n+]12. The summed E-state index contributed by atoms with van der Waals surface area (Å²) < 4.78 is 11.9. The summed E-state index contributed by atoms with van der Waals surface area (Å²) in [5.74, 6) is 2.04. The number of aromatic nitrogens is 3. The molecule has 0 amide bonds. The minimum Gasteiger partial charge on any atom is -0.437 e. The summed E-state index contributed by atoms with van der Waals surface area (Å²) >= 11 is 0. The molecule has 4 nitrogen and oxygen atoms in total. The Labute approximate surface area is 316 Å². The van der Waals surface area contributed by atoms with E-state index >= 15 is 0 Å². The minimum atomic E-state index is -1.65. The molecule has 1 aliphatic carbocycles. The molecule has 0 radical (unpaired) electrons. The van der Waals surface area contributed by atoms with E-state index < -0.39 is 8.07 Å². The van der Waals surface area contributed by atoms with Crippen LogP contribution in [0.3, 0.4) is 0 Å². The van der Waals surface area contributed by atoms with Crippen molar-refractivity contribution in [2.45, 2.75) is 116 Å². The molecule has 1 saturated carbocycles. The molecular weight excluding hydrogens is 663 g/mol. The van der Waals surface area contributed by atoms with Gasteiger partial charge in [0.15, 0.2) is 29.7 Å². The quantitative estimate of drug-likeness (QED) is 0.134. The van der Waals surface area contributed by atoms with E-state index in [1.54, 1.807) is 5.19 Å². The summed E-state index contributed by atoms with van der Waals surface area (Å²) in [4.78, 5) is 4.67. The zero-order chi connectivity index (χ0) is 36.6. The summed E-state index contributed by atoms with van der Waals surface area (Å²) in [6.45, 7) is 19.6. The van der Waals surface area contributed by atoms with E-state index in [1.807, 2.05) is 12.3 Å². The molecule has 5 heteroatoms. The maximum absolute atomic E-state index is 6.76. The van der Waals surface area contributed by atoms with Gasteiger partial charge in [0.25, 0.3) is 0 Å². The number of furan rings is 1. The number of benzene rings is 2. The van der Waals surface area contributed by atoms with Gasteiger partial charge in [0.1, 0.15) is 0 Å². The van der Waals surface area contributed by atoms with E-state index in [4.69, 9.17) is 11.0 Å². The number of pyridine rings is 3. The molecule has 2 aliphatic heterocycles. The van der Waals surface area contributed by atoms with E-state index in [9.17, 15) is 0 Å². The van der Waals surface area contributed by atoms with Crippen molar-refractivity contribution in [3.63, 3.8) is 0 Å². The van der Waals surface area contributed by atoms with Crippen LogP contribution in [0.15, 0.2) is 96.3 Å². The molecule has 3 aliphatic rings. The highest BCUT2D eigenvalue weighted by atomic mass is 28.3. The van der Waals surface area contributed by atoms with E-state index in [0.29, 0.717) is 23.5 Å². The number of rotatable bonds is 4. The Kier molecular flexibility index (Phi) is 8.57. The predicted octanol–water partition coefficient (Wildman–Crippen LogP) is 11.4. The number of aryl methyl sites for hydroxylation is 1. The summed E-state index contributed by atoms with van der Waals surface area (Å²) in [6, 6.07) is 25.8. The van der Waals surface area contributed by atoms with Crippen LogP contribution >= 0.6 is 0 Å². The van der Waals surface area contributed by atoms with Gasteiger partial charge in [-0.3, -0.25) is 0 Å². The molecule has 0 saturated heterocycles. The van der Waals surface area contributed by atoms with Gasteiger partial charge in [0.05, 0.1) is 20.1 Å². The Morgan fingerprint density at radius 3 is 2.47 bits per heavy atom. The zero-order valence-electron chi connectivity index (χ0n) is 32.6. The van der Waals surface area contributed by atoms with Crippen LogP contribution in [-0.2, 0) is 6.42 Å². The minimum absolute atomic E-state index is 0.255. The van der Waals surface area contributed by atoms with Gasteiger partial charge in [-0.15, -0.1) is 0 Å². The van der Waals surface area contributed by atoms with E-state index in [-0.39, 0.29) is 6.04 Å². The average molecular weight is 718 g/mol. The van der Waals surface area contributed by atoms with Crippen molar-refractivity contribution in [1.29, 1.82) is 0 Å². The second-order valence-corrected chi connectivity index (χ2v) is 22.8. The van der Waals surface area contributed by atoms with Crippen molar-refractivity contribution in [1.82, 2.24) is 4.98 Å². The first kappa shape index (κ1) is 34.4. The second kappa shape index (κ2) is 13.2. The normalized spacial score (nSPS) is 19.7. The molecule has 1 fully saturated rings. The average Bonchev–Trinajstić information content (AvgIpc) is 3.55. The Bertz CT molecular complexity index is 2390.